The van der Waals surface area contributed by atoms with E-state index in [4.69, 9.17) is 4.74 Å². The van der Waals surface area contributed by atoms with Crippen LogP contribution in [0.5, 0.6) is 0 Å². The largest absolute Gasteiger partial charge is 0.377 e. The molecule has 2 atom stereocenters. The molecule has 0 spiro atoms. The number of likely N-dealkylation sites (tertiary alicyclic amines) is 1. The lowest BCUT2D eigenvalue weighted by molar-refractivity contribution is -0.0835. The Bertz CT molecular complexity index is 397. The lowest BCUT2D eigenvalue weighted by Crippen LogP contribution is -2.48. The van der Waals surface area contributed by atoms with E-state index in [0.717, 1.165) is 31.6 Å². The van der Waals surface area contributed by atoms with Crippen molar-refractivity contribution in [3.05, 3.63) is 0 Å². The van der Waals surface area contributed by atoms with Gasteiger partial charge < -0.3 is 20.3 Å². The molecular weight excluding hydrogens is 300 g/mol. The summed E-state index contributed by atoms with van der Waals surface area (Å²) < 4.78 is 6.08. The molecule has 2 N–H and O–H groups in total. The minimum Gasteiger partial charge on any atom is -0.377 e. The standard InChI is InChI=1S/C19H38N4O/c1-19(2,3)17-16(7-6-12-24-17)14-22-18(20-4)21-13-15-8-10-23(5)11-9-15/h15-17H,6-14H2,1-5H3,(H2,20,21,22). The van der Waals surface area contributed by atoms with Crippen LogP contribution >= 0.6 is 0 Å². The molecule has 0 bridgehead atoms. The molecule has 2 rings (SSSR count). The van der Waals surface area contributed by atoms with Gasteiger partial charge in [-0.3, -0.25) is 4.99 Å². The number of nitrogens with zero attached hydrogens (tertiary/aromatic N) is 2. The summed E-state index contributed by atoms with van der Waals surface area (Å²) in [5.74, 6) is 2.26. The van der Waals surface area contributed by atoms with Crippen LogP contribution in [0.4, 0.5) is 0 Å². The van der Waals surface area contributed by atoms with E-state index in [0.29, 0.717) is 12.0 Å². The predicted octanol–water partition coefficient (Wildman–Crippen LogP) is 2.33. The maximum atomic E-state index is 6.08. The van der Waals surface area contributed by atoms with Crippen molar-refractivity contribution in [2.24, 2.45) is 22.2 Å². The third-order valence-corrected chi connectivity index (χ3v) is 5.45. The average molecular weight is 339 g/mol. The Hall–Kier alpha value is -0.810. The maximum Gasteiger partial charge on any atom is 0.190 e. The highest BCUT2D eigenvalue weighted by Gasteiger charge is 2.35. The molecule has 2 saturated heterocycles. The van der Waals surface area contributed by atoms with Crippen molar-refractivity contribution in [2.45, 2.75) is 52.6 Å². The fraction of sp³-hybridized carbons (Fsp3) is 0.947. The molecule has 2 unspecified atom stereocenters. The van der Waals surface area contributed by atoms with Gasteiger partial charge in [-0.25, -0.2) is 0 Å². The zero-order chi connectivity index (χ0) is 17.6. The van der Waals surface area contributed by atoms with Crippen LogP contribution in [0, 0.1) is 17.3 Å². The summed E-state index contributed by atoms with van der Waals surface area (Å²) in [6.07, 6.45) is 5.29. The predicted molar refractivity (Wildman–Crippen MR) is 102 cm³/mol. The van der Waals surface area contributed by atoms with Crippen molar-refractivity contribution in [3.8, 4) is 0 Å². The number of hydrogen-bond acceptors (Lipinski definition) is 3. The Labute approximate surface area is 148 Å². The minimum atomic E-state index is 0.192. The van der Waals surface area contributed by atoms with Crippen molar-refractivity contribution in [1.82, 2.24) is 15.5 Å². The van der Waals surface area contributed by atoms with E-state index in [-0.39, 0.29) is 5.41 Å². The van der Waals surface area contributed by atoms with E-state index in [1.165, 1.54) is 38.8 Å². The van der Waals surface area contributed by atoms with E-state index < -0.39 is 0 Å². The minimum absolute atomic E-state index is 0.192. The van der Waals surface area contributed by atoms with Crippen LogP contribution in [-0.4, -0.2) is 63.8 Å². The van der Waals surface area contributed by atoms with Gasteiger partial charge in [0.05, 0.1) is 6.10 Å². The van der Waals surface area contributed by atoms with Crippen molar-refractivity contribution in [3.63, 3.8) is 0 Å². The molecule has 0 aliphatic carbocycles. The van der Waals surface area contributed by atoms with Crippen LogP contribution in [-0.2, 0) is 4.74 Å². The van der Waals surface area contributed by atoms with Crippen molar-refractivity contribution >= 4 is 5.96 Å². The summed E-state index contributed by atoms with van der Waals surface area (Å²) in [4.78, 5) is 6.82. The molecule has 0 radical (unpaired) electrons. The monoisotopic (exact) mass is 338 g/mol. The molecule has 5 nitrogen and oxygen atoms in total. The number of nitrogens with one attached hydrogen (secondary N) is 2. The number of ether oxygens (including phenoxy) is 1. The summed E-state index contributed by atoms with van der Waals surface area (Å²) in [6, 6.07) is 0. The van der Waals surface area contributed by atoms with Gasteiger partial charge in [-0.2, -0.15) is 0 Å². The fourth-order valence-electron chi connectivity index (χ4n) is 3.97. The first-order valence-corrected chi connectivity index (χ1v) is 9.65. The summed E-state index contributed by atoms with van der Waals surface area (Å²) in [6.45, 7) is 12.1. The first-order valence-electron chi connectivity index (χ1n) is 9.65. The third kappa shape index (κ3) is 5.92. The third-order valence-electron chi connectivity index (χ3n) is 5.45. The second-order valence-corrected chi connectivity index (χ2v) is 8.64. The molecule has 0 aromatic carbocycles. The second-order valence-electron chi connectivity index (χ2n) is 8.64. The SMILES string of the molecule is CN=C(NCC1CCN(C)CC1)NCC1CCCOC1C(C)(C)C. The topological polar surface area (TPSA) is 48.9 Å². The van der Waals surface area contributed by atoms with E-state index in [1.807, 2.05) is 7.05 Å². The molecule has 5 heteroatoms. The van der Waals surface area contributed by atoms with Gasteiger partial charge in [0.1, 0.15) is 0 Å². The van der Waals surface area contributed by atoms with E-state index >= 15 is 0 Å². The number of aliphatic imine (C=N–C) groups is 1. The quantitative estimate of drug-likeness (QED) is 0.610. The molecule has 2 heterocycles. The van der Waals surface area contributed by atoms with Gasteiger partial charge in [-0.05, 0) is 57.2 Å². The van der Waals surface area contributed by atoms with Gasteiger partial charge in [0.15, 0.2) is 5.96 Å². The van der Waals surface area contributed by atoms with Crippen LogP contribution in [0.25, 0.3) is 0 Å². The zero-order valence-corrected chi connectivity index (χ0v) is 16.4. The van der Waals surface area contributed by atoms with E-state index in [9.17, 15) is 0 Å². The summed E-state index contributed by atoms with van der Waals surface area (Å²) in [5, 5.41) is 7.06. The first kappa shape index (κ1) is 19.5. The molecule has 140 valence electrons. The second kappa shape index (κ2) is 9.04. The molecule has 0 aromatic rings. The smallest absolute Gasteiger partial charge is 0.190 e. The van der Waals surface area contributed by atoms with E-state index in [2.05, 4.69) is 48.3 Å². The van der Waals surface area contributed by atoms with Crippen LogP contribution in [0.3, 0.4) is 0 Å². The van der Waals surface area contributed by atoms with Gasteiger partial charge >= 0.3 is 0 Å². The number of hydrogen-bond donors (Lipinski definition) is 2. The van der Waals surface area contributed by atoms with Gasteiger partial charge in [-0.15, -0.1) is 0 Å². The van der Waals surface area contributed by atoms with Gasteiger partial charge in [0, 0.05) is 32.7 Å². The number of guanidine groups is 1. The number of rotatable bonds is 4. The lowest BCUT2D eigenvalue weighted by Gasteiger charge is -2.40. The highest BCUT2D eigenvalue weighted by atomic mass is 16.5. The lowest BCUT2D eigenvalue weighted by atomic mass is 9.78. The summed E-state index contributed by atoms with van der Waals surface area (Å²) >= 11 is 0. The van der Waals surface area contributed by atoms with Crippen LogP contribution in [0.2, 0.25) is 0 Å². The Balaban J connectivity index is 1.76. The summed E-state index contributed by atoms with van der Waals surface area (Å²) in [7, 11) is 4.07. The molecule has 2 aliphatic rings. The average Bonchev–Trinajstić information content (AvgIpc) is 2.56. The number of piperidine rings is 1. The Morgan fingerprint density at radius 2 is 1.79 bits per heavy atom. The highest BCUT2D eigenvalue weighted by molar-refractivity contribution is 5.79. The van der Waals surface area contributed by atoms with Gasteiger partial charge in [0.25, 0.3) is 0 Å². The molecule has 0 aromatic heterocycles. The zero-order valence-electron chi connectivity index (χ0n) is 16.4. The van der Waals surface area contributed by atoms with Crippen molar-refractivity contribution in [1.29, 1.82) is 0 Å². The van der Waals surface area contributed by atoms with Crippen molar-refractivity contribution < 1.29 is 4.74 Å². The van der Waals surface area contributed by atoms with Crippen LogP contribution < -0.4 is 10.6 Å². The van der Waals surface area contributed by atoms with Crippen molar-refractivity contribution in [2.75, 3.05) is 46.9 Å². The molecule has 0 saturated carbocycles. The van der Waals surface area contributed by atoms with Gasteiger partial charge in [-0.1, -0.05) is 20.8 Å². The van der Waals surface area contributed by atoms with Crippen LogP contribution in [0.1, 0.15) is 46.5 Å². The summed E-state index contributed by atoms with van der Waals surface area (Å²) in [5.41, 5.74) is 0.192. The maximum absolute atomic E-state index is 6.08. The van der Waals surface area contributed by atoms with E-state index in [1.54, 1.807) is 0 Å². The Morgan fingerprint density at radius 3 is 2.42 bits per heavy atom. The molecule has 24 heavy (non-hydrogen) atoms. The highest BCUT2D eigenvalue weighted by Crippen LogP contribution is 2.33. The Morgan fingerprint density at radius 1 is 1.12 bits per heavy atom. The first-order chi connectivity index (χ1) is 11.4. The molecular formula is C19H38N4O. The van der Waals surface area contributed by atoms with Crippen LogP contribution in [0.15, 0.2) is 4.99 Å². The van der Waals surface area contributed by atoms with Gasteiger partial charge in [0.2, 0.25) is 0 Å². The Kier molecular flexibility index (Phi) is 7.35. The molecule has 2 fully saturated rings. The fourth-order valence-corrected chi connectivity index (χ4v) is 3.97. The molecule has 2 aliphatic heterocycles. The molecule has 0 amide bonds. The normalized spacial score (nSPS) is 28.0.